The molecular formula is C19H30N2O4. The summed E-state index contributed by atoms with van der Waals surface area (Å²) in [6.07, 6.45) is 0.753. The number of rotatable bonds is 10. The van der Waals surface area contributed by atoms with Gasteiger partial charge >= 0.3 is 0 Å². The first-order chi connectivity index (χ1) is 11.7. The van der Waals surface area contributed by atoms with E-state index in [0.29, 0.717) is 13.2 Å². The summed E-state index contributed by atoms with van der Waals surface area (Å²) in [6, 6.07) is 3.07. The summed E-state index contributed by atoms with van der Waals surface area (Å²) in [5.41, 5.74) is 3.80. The van der Waals surface area contributed by atoms with Crippen LogP contribution in [0.5, 0.6) is 0 Å². The number of amides is 1. The molecule has 0 aliphatic rings. The van der Waals surface area contributed by atoms with Crippen LogP contribution in [0.15, 0.2) is 12.1 Å². The van der Waals surface area contributed by atoms with Crippen molar-refractivity contribution in [2.45, 2.75) is 59.6 Å². The topological polar surface area (TPSA) is 95.1 Å². The molecule has 1 rings (SSSR count). The molecule has 1 atom stereocenters. The number of carboxylic acid groups (broad SMARTS) is 1. The molecule has 1 aromatic carbocycles. The molecule has 0 aliphatic heterocycles. The van der Waals surface area contributed by atoms with Gasteiger partial charge in [-0.05, 0) is 45.7 Å². The molecule has 0 saturated heterocycles. The van der Waals surface area contributed by atoms with Crippen LogP contribution in [0.3, 0.4) is 0 Å². The summed E-state index contributed by atoms with van der Waals surface area (Å²) in [5, 5.41) is 15.7. The quantitative estimate of drug-likeness (QED) is 0.599. The Morgan fingerprint density at radius 2 is 1.80 bits per heavy atom. The van der Waals surface area contributed by atoms with Crippen molar-refractivity contribution in [1.29, 1.82) is 0 Å². The third-order valence-electron chi connectivity index (χ3n) is 3.90. The van der Waals surface area contributed by atoms with E-state index >= 15 is 0 Å². The van der Waals surface area contributed by atoms with Gasteiger partial charge in [0.05, 0.1) is 31.6 Å². The number of nitrogens with two attached hydrogens (primary N) is 1. The van der Waals surface area contributed by atoms with Crippen molar-refractivity contribution in [2.24, 2.45) is 0 Å². The number of ether oxygens (including phenoxy) is 1. The Bertz CT molecular complexity index is 576. The van der Waals surface area contributed by atoms with Crippen LogP contribution >= 0.6 is 0 Å². The number of hydrogen-bond donors (Lipinski definition) is 2. The summed E-state index contributed by atoms with van der Waals surface area (Å²) < 4.78 is 5.42. The van der Waals surface area contributed by atoms with E-state index in [1.165, 1.54) is 0 Å². The van der Waals surface area contributed by atoms with Crippen LogP contribution in [0.4, 0.5) is 5.69 Å². The number of hydrogen-bond acceptors (Lipinski definition) is 4. The maximum absolute atomic E-state index is 12.2. The normalized spacial score (nSPS) is 12.2. The fourth-order valence-electron chi connectivity index (χ4n) is 2.75. The molecule has 1 amide bonds. The first-order valence-corrected chi connectivity index (χ1v) is 8.74. The lowest BCUT2D eigenvalue weighted by Crippen LogP contribution is -2.93. The molecule has 0 heterocycles. The number of aryl methyl sites for hydroxylation is 3. The van der Waals surface area contributed by atoms with Gasteiger partial charge in [0.15, 0.2) is 0 Å². The van der Waals surface area contributed by atoms with E-state index in [9.17, 15) is 14.7 Å². The van der Waals surface area contributed by atoms with Crippen molar-refractivity contribution in [1.82, 2.24) is 0 Å². The average Bonchev–Trinajstić information content (AvgIpc) is 2.48. The number of carbonyl (C=O) groups excluding carboxylic acids is 2. The van der Waals surface area contributed by atoms with Crippen LogP contribution in [0, 0.1) is 20.8 Å². The molecule has 0 unspecified atom stereocenters. The Morgan fingerprint density at radius 3 is 2.32 bits per heavy atom. The molecular weight excluding hydrogens is 320 g/mol. The van der Waals surface area contributed by atoms with Gasteiger partial charge in [0.1, 0.15) is 6.04 Å². The Labute approximate surface area is 150 Å². The predicted molar refractivity (Wildman–Crippen MR) is 95.2 cm³/mol. The van der Waals surface area contributed by atoms with Gasteiger partial charge in [-0.3, -0.25) is 4.79 Å². The molecule has 140 valence electrons. The number of carboxylic acids is 1. The van der Waals surface area contributed by atoms with Gasteiger partial charge in [-0.2, -0.15) is 0 Å². The van der Waals surface area contributed by atoms with Gasteiger partial charge in [0.25, 0.3) is 0 Å². The molecule has 0 bridgehead atoms. The van der Waals surface area contributed by atoms with E-state index in [-0.39, 0.29) is 18.4 Å². The van der Waals surface area contributed by atoms with Crippen molar-refractivity contribution in [2.75, 3.05) is 18.5 Å². The largest absolute Gasteiger partial charge is 0.544 e. The first kappa shape index (κ1) is 21.1. The lowest BCUT2D eigenvalue weighted by atomic mass is 10.0. The Balaban J connectivity index is 2.55. The summed E-state index contributed by atoms with van der Waals surface area (Å²) >= 11 is 0. The Kier molecular flexibility index (Phi) is 8.58. The van der Waals surface area contributed by atoms with Gasteiger partial charge in [0, 0.05) is 12.1 Å². The van der Waals surface area contributed by atoms with Gasteiger partial charge in [-0.25, -0.2) is 0 Å². The molecule has 0 saturated carbocycles. The van der Waals surface area contributed by atoms with E-state index in [4.69, 9.17) is 4.74 Å². The zero-order chi connectivity index (χ0) is 19.0. The van der Waals surface area contributed by atoms with Crippen LogP contribution in [0.2, 0.25) is 0 Å². The van der Waals surface area contributed by atoms with Gasteiger partial charge in [-0.1, -0.05) is 17.7 Å². The summed E-state index contributed by atoms with van der Waals surface area (Å²) in [4.78, 5) is 23.5. The van der Waals surface area contributed by atoms with Crippen LogP contribution in [-0.2, 0) is 14.3 Å². The lowest BCUT2D eigenvalue weighted by molar-refractivity contribution is -0.682. The zero-order valence-electron chi connectivity index (χ0n) is 15.8. The Morgan fingerprint density at radius 1 is 1.20 bits per heavy atom. The van der Waals surface area contributed by atoms with Crippen molar-refractivity contribution < 1.29 is 24.7 Å². The molecule has 1 aromatic rings. The third kappa shape index (κ3) is 7.67. The summed E-state index contributed by atoms with van der Waals surface area (Å²) in [7, 11) is 0. The third-order valence-corrected chi connectivity index (χ3v) is 3.90. The molecule has 0 aliphatic carbocycles. The second-order valence-corrected chi connectivity index (χ2v) is 6.75. The first-order valence-electron chi connectivity index (χ1n) is 8.74. The van der Waals surface area contributed by atoms with Crippen molar-refractivity contribution in [3.63, 3.8) is 0 Å². The lowest BCUT2D eigenvalue weighted by Gasteiger charge is -2.18. The van der Waals surface area contributed by atoms with Gasteiger partial charge in [-0.15, -0.1) is 0 Å². The molecule has 3 N–H and O–H groups in total. The second-order valence-electron chi connectivity index (χ2n) is 6.75. The van der Waals surface area contributed by atoms with Crippen molar-refractivity contribution in [3.8, 4) is 0 Å². The number of anilines is 1. The number of nitrogens with one attached hydrogen (secondary N) is 1. The van der Waals surface area contributed by atoms with E-state index in [0.717, 1.165) is 28.8 Å². The molecule has 25 heavy (non-hydrogen) atoms. The van der Waals surface area contributed by atoms with Crippen molar-refractivity contribution >= 4 is 17.6 Å². The minimum absolute atomic E-state index is 0.125. The van der Waals surface area contributed by atoms with E-state index in [2.05, 4.69) is 5.32 Å². The molecule has 6 nitrogen and oxygen atoms in total. The minimum atomic E-state index is -1.22. The number of quaternary nitrogens is 1. The monoisotopic (exact) mass is 350 g/mol. The van der Waals surface area contributed by atoms with E-state index < -0.39 is 12.0 Å². The number of benzene rings is 1. The number of aliphatic carboxylic acids is 1. The highest BCUT2D eigenvalue weighted by atomic mass is 16.5. The van der Waals surface area contributed by atoms with Gasteiger partial charge in [0.2, 0.25) is 5.91 Å². The van der Waals surface area contributed by atoms with Gasteiger partial charge < -0.3 is 25.3 Å². The van der Waals surface area contributed by atoms with E-state index in [1.807, 2.05) is 46.8 Å². The minimum Gasteiger partial charge on any atom is -0.544 e. The fourth-order valence-corrected chi connectivity index (χ4v) is 2.75. The van der Waals surface area contributed by atoms with Crippen LogP contribution in [-0.4, -0.2) is 37.2 Å². The molecule has 0 spiro atoms. The molecule has 0 fully saturated rings. The number of carbonyl (C=O) groups is 2. The maximum atomic E-state index is 12.2. The highest BCUT2D eigenvalue weighted by molar-refractivity contribution is 5.94. The fraction of sp³-hybridized carbons (Fsp3) is 0.579. The van der Waals surface area contributed by atoms with E-state index in [1.54, 1.807) is 5.32 Å². The second kappa shape index (κ2) is 10.2. The zero-order valence-corrected chi connectivity index (χ0v) is 15.8. The molecule has 6 heteroatoms. The molecule has 0 radical (unpaired) electrons. The predicted octanol–water partition coefficient (Wildman–Crippen LogP) is 0.437. The SMILES string of the molecule is Cc1cc(C)c(NC(=O)C[C@@H]([NH2+]CCCOC(C)C)C(=O)[O-])c(C)c1. The maximum Gasteiger partial charge on any atom is 0.230 e. The average molecular weight is 350 g/mol. The van der Waals surface area contributed by atoms with Crippen LogP contribution < -0.4 is 15.7 Å². The molecule has 0 aromatic heterocycles. The standard InChI is InChI=1S/C19H30N2O4/c1-12(2)25-8-6-7-20-16(19(23)24)11-17(22)21-18-14(4)9-13(3)10-15(18)5/h9-10,12,16,20H,6-8,11H2,1-5H3,(H,21,22)(H,23,24)/t16-/m1/s1. The van der Waals surface area contributed by atoms with Crippen molar-refractivity contribution in [3.05, 3.63) is 28.8 Å². The highest BCUT2D eigenvalue weighted by Gasteiger charge is 2.19. The highest BCUT2D eigenvalue weighted by Crippen LogP contribution is 2.22. The smallest absolute Gasteiger partial charge is 0.230 e. The summed E-state index contributed by atoms with van der Waals surface area (Å²) in [6.45, 7) is 10.9. The van der Waals surface area contributed by atoms with Crippen LogP contribution in [0.1, 0.15) is 43.4 Å². The Hall–Kier alpha value is -1.92. The van der Waals surface area contributed by atoms with Crippen LogP contribution in [0.25, 0.3) is 0 Å². The summed E-state index contributed by atoms with van der Waals surface area (Å²) in [5.74, 6) is -1.55.